The van der Waals surface area contributed by atoms with Crippen molar-refractivity contribution in [1.29, 1.82) is 0 Å². The number of amides is 1. The molecular formula is C18H19NO3. The van der Waals surface area contributed by atoms with Crippen LogP contribution in [0.15, 0.2) is 48.5 Å². The van der Waals surface area contributed by atoms with Gasteiger partial charge in [-0.05, 0) is 49.2 Å². The minimum atomic E-state index is -0.361. The summed E-state index contributed by atoms with van der Waals surface area (Å²) >= 11 is 0. The Balaban J connectivity index is 1.97. The molecule has 0 saturated heterocycles. The summed E-state index contributed by atoms with van der Waals surface area (Å²) in [6.07, 6.45) is 0.326. The van der Waals surface area contributed by atoms with Crippen LogP contribution in [-0.2, 0) is 16.0 Å². The van der Waals surface area contributed by atoms with Crippen LogP contribution in [0.1, 0.15) is 28.4 Å². The highest BCUT2D eigenvalue weighted by atomic mass is 16.5. The van der Waals surface area contributed by atoms with Crippen LogP contribution in [0.4, 0.5) is 5.69 Å². The minimum absolute atomic E-state index is 0.0850. The van der Waals surface area contributed by atoms with E-state index in [2.05, 4.69) is 5.32 Å². The topological polar surface area (TPSA) is 55.4 Å². The number of carbonyl (C=O) groups excluding carboxylic acids is 2. The van der Waals surface area contributed by atoms with Gasteiger partial charge in [-0.15, -0.1) is 0 Å². The Morgan fingerprint density at radius 2 is 1.73 bits per heavy atom. The summed E-state index contributed by atoms with van der Waals surface area (Å²) in [7, 11) is 0. The van der Waals surface area contributed by atoms with Gasteiger partial charge in [-0.3, -0.25) is 4.79 Å². The Bertz CT molecular complexity index is 662. The molecule has 0 atom stereocenters. The Labute approximate surface area is 130 Å². The fourth-order valence-corrected chi connectivity index (χ4v) is 2.09. The summed E-state index contributed by atoms with van der Waals surface area (Å²) in [5.41, 5.74) is 3.23. The van der Waals surface area contributed by atoms with Gasteiger partial charge in [0.25, 0.3) is 0 Å². The number of nitrogens with one attached hydrogen (secondary N) is 1. The van der Waals surface area contributed by atoms with Crippen LogP contribution >= 0.6 is 0 Å². The second kappa shape index (κ2) is 7.41. The first-order chi connectivity index (χ1) is 10.6. The van der Waals surface area contributed by atoms with E-state index < -0.39 is 0 Å². The molecule has 22 heavy (non-hydrogen) atoms. The predicted molar refractivity (Wildman–Crippen MR) is 85.9 cm³/mol. The second-order valence-electron chi connectivity index (χ2n) is 4.95. The molecule has 0 aliphatic heterocycles. The van der Waals surface area contributed by atoms with Crippen molar-refractivity contribution < 1.29 is 14.3 Å². The van der Waals surface area contributed by atoms with Crippen LogP contribution < -0.4 is 5.32 Å². The smallest absolute Gasteiger partial charge is 0.338 e. The van der Waals surface area contributed by atoms with E-state index in [9.17, 15) is 9.59 Å². The molecule has 0 aliphatic carbocycles. The van der Waals surface area contributed by atoms with Crippen molar-refractivity contribution >= 4 is 17.6 Å². The fraction of sp³-hybridized carbons (Fsp3) is 0.222. The molecule has 2 aromatic carbocycles. The van der Waals surface area contributed by atoms with Crippen molar-refractivity contribution in [1.82, 2.24) is 0 Å². The Hall–Kier alpha value is -2.62. The molecule has 0 bridgehead atoms. The summed E-state index contributed by atoms with van der Waals surface area (Å²) in [6.45, 7) is 4.09. The molecule has 0 aliphatic rings. The van der Waals surface area contributed by atoms with Crippen LogP contribution in [0.3, 0.4) is 0 Å². The van der Waals surface area contributed by atoms with E-state index in [0.717, 1.165) is 11.1 Å². The molecule has 114 valence electrons. The lowest BCUT2D eigenvalue weighted by atomic mass is 10.1. The zero-order chi connectivity index (χ0) is 15.9. The predicted octanol–water partition coefficient (Wildman–Crippen LogP) is 3.35. The van der Waals surface area contributed by atoms with Gasteiger partial charge >= 0.3 is 5.97 Å². The number of aryl methyl sites for hydroxylation is 1. The van der Waals surface area contributed by atoms with Crippen molar-refractivity contribution in [3.05, 3.63) is 65.2 Å². The van der Waals surface area contributed by atoms with E-state index in [1.165, 1.54) is 0 Å². The van der Waals surface area contributed by atoms with Crippen LogP contribution in [0.5, 0.6) is 0 Å². The molecule has 1 N–H and O–H groups in total. The first kappa shape index (κ1) is 15.8. The maximum Gasteiger partial charge on any atom is 0.338 e. The SMILES string of the molecule is CCOC(=O)c1ccc(NC(=O)Cc2ccccc2C)cc1. The largest absolute Gasteiger partial charge is 0.462 e. The molecule has 0 aromatic heterocycles. The molecule has 1 amide bonds. The third-order valence-corrected chi connectivity index (χ3v) is 3.29. The van der Waals surface area contributed by atoms with Crippen LogP contribution in [0.25, 0.3) is 0 Å². The third kappa shape index (κ3) is 4.19. The highest BCUT2D eigenvalue weighted by molar-refractivity contribution is 5.94. The van der Waals surface area contributed by atoms with Crippen molar-refractivity contribution in [2.24, 2.45) is 0 Å². The average Bonchev–Trinajstić information content (AvgIpc) is 2.50. The van der Waals surface area contributed by atoms with Crippen LogP contribution in [0, 0.1) is 6.92 Å². The highest BCUT2D eigenvalue weighted by Crippen LogP contribution is 2.13. The van der Waals surface area contributed by atoms with E-state index in [1.54, 1.807) is 31.2 Å². The van der Waals surface area contributed by atoms with Gasteiger partial charge in [0.2, 0.25) is 5.91 Å². The van der Waals surface area contributed by atoms with Gasteiger partial charge in [-0.25, -0.2) is 4.79 Å². The quantitative estimate of drug-likeness (QED) is 0.861. The van der Waals surface area contributed by atoms with Crippen LogP contribution in [-0.4, -0.2) is 18.5 Å². The third-order valence-electron chi connectivity index (χ3n) is 3.29. The van der Waals surface area contributed by atoms with Crippen molar-refractivity contribution in [2.45, 2.75) is 20.3 Å². The Kier molecular flexibility index (Phi) is 5.31. The lowest BCUT2D eigenvalue weighted by Crippen LogP contribution is -2.15. The molecule has 0 saturated carbocycles. The molecule has 0 unspecified atom stereocenters. The molecular weight excluding hydrogens is 278 g/mol. The van der Waals surface area contributed by atoms with Gasteiger partial charge < -0.3 is 10.1 Å². The minimum Gasteiger partial charge on any atom is -0.462 e. The van der Waals surface area contributed by atoms with E-state index in [0.29, 0.717) is 24.3 Å². The number of rotatable bonds is 5. The summed E-state index contributed by atoms with van der Waals surface area (Å²) in [5.74, 6) is -0.446. The van der Waals surface area contributed by atoms with E-state index in [4.69, 9.17) is 4.74 Å². The second-order valence-corrected chi connectivity index (χ2v) is 4.95. The van der Waals surface area contributed by atoms with E-state index in [-0.39, 0.29) is 11.9 Å². The van der Waals surface area contributed by atoms with E-state index in [1.807, 2.05) is 31.2 Å². The lowest BCUT2D eigenvalue weighted by molar-refractivity contribution is -0.115. The normalized spacial score (nSPS) is 10.1. The summed E-state index contributed by atoms with van der Waals surface area (Å²) in [4.78, 5) is 23.6. The van der Waals surface area contributed by atoms with E-state index >= 15 is 0 Å². The van der Waals surface area contributed by atoms with Gasteiger partial charge in [0.15, 0.2) is 0 Å². The zero-order valence-electron chi connectivity index (χ0n) is 12.8. The number of esters is 1. The van der Waals surface area contributed by atoms with Crippen LogP contribution in [0.2, 0.25) is 0 Å². The van der Waals surface area contributed by atoms with Gasteiger partial charge in [0.05, 0.1) is 18.6 Å². The Morgan fingerprint density at radius 1 is 1.05 bits per heavy atom. The van der Waals surface area contributed by atoms with Gasteiger partial charge in [0, 0.05) is 5.69 Å². The monoisotopic (exact) mass is 297 g/mol. The fourth-order valence-electron chi connectivity index (χ4n) is 2.09. The average molecular weight is 297 g/mol. The molecule has 0 spiro atoms. The highest BCUT2D eigenvalue weighted by Gasteiger charge is 2.08. The van der Waals surface area contributed by atoms with Crippen molar-refractivity contribution in [3.8, 4) is 0 Å². The lowest BCUT2D eigenvalue weighted by Gasteiger charge is -2.08. The van der Waals surface area contributed by atoms with Gasteiger partial charge in [0.1, 0.15) is 0 Å². The molecule has 0 fully saturated rings. The molecule has 4 heteroatoms. The summed E-state index contributed by atoms with van der Waals surface area (Å²) in [6, 6.07) is 14.5. The number of carbonyl (C=O) groups is 2. The maximum absolute atomic E-state index is 12.1. The molecule has 0 radical (unpaired) electrons. The number of anilines is 1. The number of hydrogen-bond acceptors (Lipinski definition) is 3. The van der Waals surface area contributed by atoms with Gasteiger partial charge in [-0.1, -0.05) is 24.3 Å². The first-order valence-electron chi connectivity index (χ1n) is 7.21. The summed E-state index contributed by atoms with van der Waals surface area (Å²) < 4.78 is 4.91. The number of hydrogen-bond donors (Lipinski definition) is 1. The Morgan fingerprint density at radius 3 is 2.36 bits per heavy atom. The number of ether oxygens (including phenoxy) is 1. The standard InChI is InChI=1S/C18H19NO3/c1-3-22-18(21)14-8-10-16(11-9-14)19-17(20)12-15-7-5-4-6-13(15)2/h4-11H,3,12H2,1-2H3,(H,19,20). The maximum atomic E-state index is 12.1. The number of benzene rings is 2. The molecule has 0 heterocycles. The summed E-state index contributed by atoms with van der Waals surface area (Å²) in [5, 5.41) is 2.82. The van der Waals surface area contributed by atoms with Crippen molar-refractivity contribution in [3.63, 3.8) is 0 Å². The van der Waals surface area contributed by atoms with Gasteiger partial charge in [-0.2, -0.15) is 0 Å². The molecule has 2 rings (SSSR count). The van der Waals surface area contributed by atoms with Crippen molar-refractivity contribution in [2.75, 3.05) is 11.9 Å². The zero-order valence-corrected chi connectivity index (χ0v) is 12.8. The molecule has 4 nitrogen and oxygen atoms in total. The first-order valence-corrected chi connectivity index (χ1v) is 7.21. The molecule has 2 aromatic rings.